The first-order valence-corrected chi connectivity index (χ1v) is 2.38. The maximum atomic E-state index is 10.5. The monoisotopic (exact) mass is 113 g/mol. The minimum Gasteiger partial charge on any atom is -0.413 e. The molecule has 0 amide bonds. The molecule has 0 aromatic rings. The molecule has 1 aliphatic rings. The van der Waals surface area contributed by atoms with E-state index in [0.29, 0.717) is 0 Å². The smallest absolute Gasteiger partial charge is 0.339 e. The van der Waals surface area contributed by atoms with Gasteiger partial charge in [0.15, 0.2) is 11.9 Å². The predicted molar refractivity (Wildman–Crippen MR) is 28.7 cm³/mol. The van der Waals surface area contributed by atoms with Crippen molar-refractivity contribution in [3.8, 4) is 0 Å². The van der Waals surface area contributed by atoms with E-state index in [4.69, 9.17) is 0 Å². The van der Waals surface area contributed by atoms with Gasteiger partial charge in [0.1, 0.15) is 0 Å². The highest BCUT2D eigenvalue weighted by molar-refractivity contribution is 5.90. The molecule has 1 aliphatic heterocycles. The number of cyclic esters (lactones) is 1. The second kappa shape index (κ2) is 1.31. The van der Waals surface area contributed by atoms with Gasteiger partial charge in [-0.15, -0.1) is 0 Å². The molecule has 0 saturated carbocycles. The molecule has 0 aromatic heterocycles. The quantitative estimate of drug-likeness (QED) is 0.425. The van der Waals surface area contributed by atoms with E-state index >= 15 is 0 Å². The standard InChI is InChI=1S/C5H7NO2/c1-5(2)4(7)8-3-6-5/h3H,1-2H3. The highest BCUT2D eigenvalue weighted by Crippen LogP contribution is 2.14. The van der Waals surface area contributed by atoms with E-state index in [1.165, 1.54) is 6.40 Å². The van der Waals surface area contributed by atoms with Crippen LogP contribution in [0, 0.1) is 0 Å². The third-order valence-corrected chi connectivity index (χ3v) is 1.03. The lowest BCUT2D eigenvalue weighted by molar-refractivity contribution is -0.137. The Morgan fingerprint density at radius 1 is 1.75 bits per heavy atom. The second-order valence-corrected chi connectivity index (χ2v) is 2.20. The summed E-state index contributed by atoms with van der Waals surface area (Å²) in [4.78, 5) is 14.3. The Hall–Kier alpha value is -0.860. The Morgan fingerprint density at radius 2 is 2.38 bits per heavy atom. The van der Waals surface area contributed by atoms with Crippen molar-refractivity contribution in [1.82, 2.24) is 0 Å². The minimum absolute atomic E-state index is 0.280. The van der Waals surface area contributed by atoms with E-state index in [2.05, 4.69) is 9.73 Å². The molecule has 3 nitrogen and oxygen atoms in total. The summed E-state index contributed by atoms with van der Waals surface area (Å²) in [6, 6.07) is 0. The number of esters is 1. The Labute approximate surface area is 47.4 Å². The first-order chi connectivity index (χ1) is 3.63. The maximum absolute atomic E-state index is 10.5. The van der Waals surface area contributed by atoms with Crippen molar-refractivity contribution in [3.63, 3.8) is 0 Å². The van der Waals surface area contributed by atoms with Gasteiger partial charge in [0.25, 0.3) is 0 Å². The van der Waals surface area contributed by atoms with Crippen LogP contribution in [0.5, 0.6) is 0 Å². The Bertz CT molecular complexity index is 149. The average Bonchev–Trinajstić information content (AvgIpc) is 1.86. The number of aliphatic imine (C=N–C) groups is 1. The van der Waals surface area contributed by atoms with Crippen LogP contribution in [0.15, 0.2) is 4.99 Å². The van der Waals surface area contributed by atoms with Gasteiger partial charge in [0.2, 0.25) is 0 Å². The van der Waals surface area contributed by atoms with Gasteiger partial charge in [0, 0.05) is 0 Å². The Kier molecular flexibility index (Phi) is 0.863. The summed E-state index contributed by atoms with van der Waals surface area (Å²) in [5.41, 5.74) is -0.639. The summed E-state index contributed by atoms with van der Waals surface area (Å²) < 4.78 is 4.44. The Balaban J connectivity index is 2.82. The fourth-order valence-electron chi connectivity index (χ4n) is 0.403. The van der Waals surface area contributed by atoms with Crippen LogP contribution in [0.3, 0.4) is 0 Å². The third kappa shape index (κ3) is 0.598. The molecule has 0 spiro atoms. The van der Waals surface area contributed by atoms with Crippen LogP contribution in [0.25, 0.3) is 0 Å². The van der Waals surface area contributed by atoms with Gasteiger partial charge in [-0.1, -0.05) is 0 Å². The number of carbonyl (C=O) groups is 1. The molecule has 44 valence electrons. The zero-order valence-electron chi connectivity index (χ0n) is 4.84. The topological polar surface area (TPSA) is 38.7 Å². The number of nitrogens with zero attached hydrogens (tertiary/aromatic N) is 1. The highest BCUT2D eigenvalue weighted by Gasteiger charge is 2.31. The molecule has 0 aliphatic carbocycles. The van der Waals surface area contributed by atoms with Gasteiger partial charge < -0.3 is 4.74 Å². The van der Waals surface area contributed by atoms with Crippen LogP contribution < -0.4 is 0 Å². The van der Waals surface area contributed by atoms with Gasteiger partial charge in [0.05, 0.1) is 0 Å². The fraction of sp³-hybridized carbons (Fsp3) is 0.600. The molecule has 0 radical (unpaired) electrons. The van der Waals surface area contributed by atoms with Crippen molar-refractivity contribution in [1.29, 1.82) is 0 Å². The van der Waals surface area contributed by atoms with E-state index < -0.39 is 5.54 Å². The van der Waals surface area contributed by atoms with Crippen LogP contribution >= 0.6 is 0 Å². The van der Waals surface area contributed by atoms with Crippen molar-refractivity contribution in [2.45, 2.75) is 19.4 Å². The van der Waals surface area contributed by atoms with Crippen LogP contribution in [-0.2, 0) is 9.53 Å². The largest absolute Gasteiger partial charge is 0.413 e. The molecule has 0 saturated heterocycles. The van der Waals surface area contributed by atoms with E-state index in [1.54, 1.807) is 13.8 Å². The molecule has 1 rings (SSSR count). The number of ether oxygens (including phenoxy) is 1. The summed E-state index contributed by atoms with van der Waals surface area (Å²) in [6.07, 6.45) is 1.18. The average molecular weight is 113 g/mol. The summed E-state index contributed by atoms with van der Waals surface area (Å²) >= 11 is 0. The zero-order chi connectivity index (χ0) is 6.20. The van der Waals surface area contributed by atoms with Crippen molar-refractivity contribution >= 4 is 12.4 Å². The van der Waals surface area contributed by atoms with Crippen molar-refractivity contribution in [3.05, 3.63) is 0 Å². The molecule has 8 heavy (non-hydrogen) atoms. The third-order valence-electron chi connectivity index (χ3n) is 1.03. The predicted octanol–water partition coefficient (Wildman–Crippen LogP) is 0.350. The second-order valence-electron chi connectivity index (χ2n) is 2.20. The molecule has 0 atom stereocenters. The highest BCUT2D eigenvalue weighted by atomic mass is 16.5. The normalized spacial score (nSPS) is 23.5. The summed E-state index contributed by atoms with van der Waals surface area (Å²) in [5, 5.41) is 0. The number of carbonyl (C=O) groups excluding carboxylic acids is 1. The lowest BCUT2D eigenvalue weighted by atomic mass is 10.1. The first kappa shape index (κ1) is 5.28. The fourth-order valence-corrected chi connectivity index (χ4v) is 0.403. The minimum atomic E-state index is -0.639. The zero-order valence-corrected chi connectivity index (χ0v) is 4.84. The first-order valence-electron chi connectivity index (χ1n) is 2.38. The lowest BCUT2D eigenvalue weighted by Crippen LogP contribution is -2.24. The molecule has 0 aromatic carbocycles. The number of hydrogen-bond donors (Lipinski definition) is 0. The number of hydrogen-bond acceptors (Lipinski definition) is 3. The molecule has 0 unspecified atom stereocenters. The molecule has 0 N–H and O–H groups in total. The molecule has 3 heteroatoms. The number of rotatable bonds is 0. The molecule has 0 bridgehead atoms. The van der Waals surface area contributed by atoms with Gasteiger partial charge in [-0.25, -0.2) is 9.79 Å². The molecule has 1 heterocycles. The van der Waals surface area contributed by atoms with Crippen LogP contribution in [0.4, 0.5) is 0 Å². The summed E-state index contributed by atoms with van der Waals surface area (Å²) in [7, 11) is 0. The van der Waals surface area contributed by atoms with E-state index in [9.17, 15) is 4.79 Å². The SMILES string of the molecule is CC1(C)N=COC1=O. The van der Waals surface area contributed by atoms with Crippen molar-refractivity contribution in [2.75, 3.05) is 0 Å². The van der Waals surface area contributed by atoms with Crippen molar-refractivity contribution < 1.29 is 9.53 Å². The van der Waals surface area contributed by atoms with Gasteiger partial charge >= 0.3 is 5.97 Å². The van der Waals surface area contributed by atoms with E-state index in [1.807, 2.05) is 0 Å². The maximum Gasteiger partial charge on any atom is 0.339 e. The van der Waals surface area contributed by atoms with Crippen molar-refractivity contribution in [2.24, 2.45) is 4.99 Å². The van der Waals surface area contributed by atoms with E-state index in [-0.39, 0.29) is 5.97 Å². The van der Waals surface area contributed by atoms with E-state index in [0.717, 1.165) is 0 Å². The van der Waals surface area contributed by atoms with Crippen LogP contribution in [-0.4, -0.2) is 17.9 Å². The Morgan fingerprint density at radius 3 is 2.50 bits per heavy atom. The van der Waals surface area contributed by atoms with Gasteiger partial charge in [-0.05, 0) is 13.8 Å². The lowest BCUT2D eigenvalue weighted by Gasteiger charge is -2.05. The van der Waals surface area contributed by atoms with Gasteiger partial charge in [-0.2, -0.15) is 0 Å². The molecular formula is C5H7NO2. The van der Waals surface area contributed by atoms with Crippen LogP contribution in [0.1, 0.15) is 13.8 Å². The summed E-state index contributed by atoms with van der Waals surface area (Å²) in [5.74, 6) is -0.280. The van der Waals surface area contributed by atoms with Gasteiger partial charge in [-0.3, -0.25) is 0 Å². The molecule has 0 fully saturated rings. The van der Waals surface area contributed by atoms with Crippen LogP contribution in [0.2, 0.25) is 0 Å². The summed E-state index contributed by atoms with van der Waals surface area (Å²) in [6.45, 7) is 3.41. The molecular weight excluding hydrogens is 106 g/mol.